The lowest BCUT2D eigenvalue weighted by molar-refractivity contribution is 0.627. The van der Waals surface area contributed by atoms with Crippen LogP contribution in [-0.2, 0) is 6.42 Å². The molecule has 3 N–H and O–H groups in total. The van der Waals surface area contributed by atoms with Crippen LogP contribution in [0.25, 0.3) is 0 Å². The SMILES string of the molecule is Nc1nc(NCCc2ccc(F)cc2)c(Cl)cc1Cl. The molecule has 0 fully saturated rings. The Morgan fingerprint density at radius 2 is 1.84 bits per heavy atom. The van der Waals surface area contributed by atoms with Crippen molar-refractivity contribution in [2.75, 3.05) is 17.6 Å². The second kappa shape index (κ2) is 6.08. The summed E-state index contributed by atoms with van der Waals surface area (Å²) in [4.78, 5) is 4.06. The molecule has 1 aromatic carbocycles. The molecule has 19 heavy (non-hydrogen) atoms. The highest BCUT2D eigenvalue weighted by molar-refractivity contribution is 6.37. The summed E-state index contributed by atoms with van der Waals surface area (Å²) in [6.45, 7) is 0.611. The maximum atomic E-state index is 12.7. The number of anilines is 2. The fourth-order valence-electron chi connectivity index (χ4n) is 1.58. The van der Waals surface area contributed by atoms with Gasteiger partial charge in [0.25, 0.3) is 0 Å². The number of nitrogens with zero attached hydrogens (tertiary/aromatic N) is 1. The van der Waals surface area contributed by atoms with Crippen LogP contribution in [-0.4, -0.2) is 11.5 Å². The second-order valence-electron chi connectivity index (χ2n) is 3.99. The van der Waals surface area contributed by atoms with Crippen LogP contribution in [0.2, 0.25) is 10.0 Å². The van der Waals surface area contributed by atoms with Gasteiger partial charge in [0.05, 0.1) is 10.0 Å². The highest BCUT2D eigenvalue weighted by atomic mass is 35.5. The Morgan fingerprint density at radius 3 is 2.53 bits per heavy atom. The van der Waals surface area contributed by atoms with Crippen molar-refractivity contribution in [1.29, 1.82) is 0 Å². The Balaban J connectivity index is 1.96. The molecule has 0 saturated carbocycles. The zero-order valence-electron chi connectivity index (χ0n) is 9.96. The molecule has 0 amide bonds. The second-order valence-corrected chi connectivity index (χ2v) is 4.80. The minimum absolute atomic E-state index is 0.232. The summed E-state index contributed by atoms with van der Waals surface area (Å²) in [7, 11) is 0. The minimum atomic E-state index is -0.244. The largest absolute Gasteiger partial charge is 0.382 e. The highest BCUT2D eigenvalue weighted by Crippen LogP contribution is 2.27. The van der Waals surface area contributed by atoms with E-state index < -0.39 is 0 Å². The maximum absolute atomic E-state index is 12.7. The van der Waals surface area contributed by atoms with E-state index in [0.29, 0.717) is 22.4 Å². The van der Waals surface area contributed by atoms with E-state index >= 15 is 0 Å². The van der Waals surface area contributed by atoms with E-state index in [2.05, 4.69) is 10.3 Å². The van der Waals surface area contributed by atoms with Crippen LogP contribution in [0, 0.1) is 5.82 Å². The zero-order valence-corrected chi connectivity index (χ0v) is 11.5. The molecule has 0 aliphatic carbocycles. The Hall–Kier alpha value is -1.52. The Morgan fingerprint density at radius 1 is 1.16 bits per heavy atom. The van der Waals surface area contributed by atoms with Crippen molar-refractivity contribution in [1.82, 2.24) is 4.98 Å². The first-order chi connectivity index (χ1) is 9.06. The van der Waals surface area contributed by atoms with Crippen LogP contribution in [0.15, 0.2) is 30.3 Å². The topological polar surface area (TPSA) is 50.9 Å². The first-order valence-corrected chi connectivity index (χ1v) is 6.41. The Bertz CT molecular complexity index is 573. The van der Waals surface area contributed by atoms with Crippen LogP contribution in [0.1, 0.15) is 5.56 Å². The van der Waals surface area contributed by atoms with Crippen molar-refractivity contribution in [3.8, 4) is 0 Å². The van der Waals surface area contributed by atoms with Crippen LogP contribution in [0.5, 0.6) is 0 Å². The van der Waals surface area contributed by atoms with Gasteiger partial charge < -0.3 is 11.1 Å². The van der Waals surface area contributed by atoms with Crippen LogP contribution in [0.3, 0.4) is 0 Å². The Labute approximate surface area is 120 Å². The highest BCUT2D eigenvalue weighted by Gasteiger charge is 2.06. The van der Waals surface area contributed by atoms with E-state index in [1.807, 2.05) is 0 Å². The van der Waals surface area contributed by atoms with Crippen molar-refractivity contribution in [2.45, 2.75) is 6.42 Å². The molecule has 2 aromatic rings. The number of nitrogens with two attached hydrogens (primary N) is 1. The molecule has 6 heteroatoms. The van der Waals surface area contributed by atoms with E-state index in [9.17, 15) is 4.39 Å². The first kappa shape index (κ1) is 13.9. The van der Waals surface area contributed by atoms with Gasteiger partial charge in [-0.15, -0.1) is 0 Å². The van der Waals surface area contributed by atoms with E-state index in [1.165, 1.54) is 12.1 Å². The lowest BCUT2D eigenvalue weighted by atomic mass is 10.1. The molecule has 0 bridgehead atoms. The summed E-state index contributed by atoms with van der Waals surface area (Å²) in [6.07, 6.45) is 0.723. The summed E-state index contributed by atoms with van der Waals surface area (Å²) in [5, 5.41) is 3.81. The number of nitrogens with one attached hydrogen (secondary N) is 1. The number of benzene rings is 1. The molecular weight excluding hydrogens is 288 g/mol. The van der Waals surface area contributed by atoms with Crippen molar-refractivity contribution >= 4 is 34.8 Å². The number of pyridine rings is 1. The van der Waals surface area contributed by atoms with Gasteiger partial charge in [0, 0.05) is 6.54 Å². The number of hydrogen-bond acceptors (Lipinski definition) is 3. The minimum Gasteiger partial charge on any atom is -0.382 e. The van der Waals surface area contributed by atoms with Gasteiger partial charge in [-0.1, -0.05) is 35.3 Å². The molecule has 0 aliphatic rings. The standard InChI is InChI=1S/C13H12Cl2FN3/c14-10-7-11(15)13(19-12(10)17)18-6-5-8-1-3-9(16)4-2-8/h1-4,7H,5-6H2,(H3,17,18,19). The average molecular weight is 300 g/mol. The molecule has 0 saturated heterocycles. The molecule has 1 heterocycles. The van der Waals surface area contributed by atoms with Crippen LogP contribution < -0.4 is 11.1 Å². The smallest absolute Gasteiger partial charge is 0.147 e. The average Bonchev–Trinajstić information content (AvgIpc) is 2.38. The van der Waals surface area contributed by atoms with E-state index in [0.717, 1.165) is 12.0 Å². The molecule has 100 valence electrons. The predicted molar refractivity (Wildman–Crippen MR) is 77.3 cm³/mol. The van der Waals surface area contributed by atoms with E-state index in [-0.39, 0.29) is 11.6 Å². The third-order valence-electron chi connectivity index (χ3n) is 2.58. The number of rotatable bonds is 4. The van der Waals surface area contributed by atoms with Gasteiger partial charge in [-0.25, -0.2) is 9.37 Å². The molecule has 2 rings (SSSR count). The normalized spacial score (nSPS) is 10.5. The summed E-state index contributed by atoms with van der Waals surface area (Å²) in [5.74, 6) is 0.480. The number of nitrogen functional groups attached to an aromatic ring is 1. The van der Waals surface area contributed by atoms with Gasteiger partial charge in [0.15, 0.2) is 0 Å². The van der Waals surface area contributed by atoms with Crippen molar-refractivity contribution in [3.63, 3.8) is 0 Å². The predicted octanol–water partition coefficient (Wildman–Crippen LogP) is 3.76. The maximum Gasteiger partial charge on any atom is 0.147 e. The molecule has 1 aromatic heterocycles. The lowest BCUT2D eigenvalue weighted by Gasteiger charge is -2.09. The van der Waals surface area contributed by atoms with Gasteiger partial charge in [-0.3, -0.25) is 0 Å². The molecular formula is C13H12Cl2FN3. The first-order valence-electron chi connectivity index (χ1n) is 5.66. The third kappa shape index (κ3) is 3.72. The number of halogens is 3. The molecule has 0 unspecified atom stereocenters. The quantitative estimate of drug-likeness (QED) is 0.904. The van der Waals surface area contributed by atoms with Crippen LogP contribution >= 0.6 is 23.2 Å². The number of hydrogen-bond donors (Lipinski definition) is 2. The van der Waals surface area contributed by atoms with Crippen molar-refractivity contribution < 1.29 is 4.39 Å². The third-order valence-corrected chi connectivity index (χ3v) is 3.17. The Kier molecular flexibility index (Phi) is 4.45. The van der Waals surface area contributed by atoms with Gasteiger partial charge in [0.1, 0.15) is 17.5 Å². The lowest BCUT2D eigenvalue weighted by Crippen LogP contribution is -2.08. The summed E-state index contributed by atoms with van der Waals surface area (Å²) < 4.78 is 12.7. The fraction of sp³-hybridized carbons (Fsp3) is 0.154. The van der Waals surface area contributed by atoms with Gasteiger partial charge in [-0.05, 0) is 30.2 Å². The summed E-state index contributed by atoms with van der Waals surface area (Å²) >= 11 is 11.8. The monoisotopic (exact) mass is 299 g/mol. The molecule has 3 nitrogen and oxygen atoms in total. The zero-order chi connectivity index (χ0) is 13.8. The summed E-state index contributed by atoms with van der Waals surface area (Å²) in [6, 6.07) is 7.89. The van der Waals surface area contributed by atoms with E-state index in [4.69, 9.17) is 28.9 Å². The number of aromatic nitrogens is 1. The molecule has 0 aliphatic heterocycles. The molecule has 0 radical (unpaired) electrons. The molecule has 0 spiro atoms. The van der Waals surface area contributed by atoms with Crippen molar-refractivity contribution in [2.24, 2.45) is 0 Å². The van der Waals surface area contributed by atoms with Crippen LogP contribution in [0.4, 0.5) is 16.0 Å². The van der Waals surface area contributed by atoms with Gasteiger partial charge in [0.2, 0.25) is 0 Å². The fourth-order valence-corrected chi connectivity index (χ4v) is 2.01. The van der Waals surface area contributed by atoms with E-state index in [1.54, 1.807) is 18.2 Å². The van der Waals surface area contributed by atoms with Gasteiger partial charge >= 0.3 is 0 Å². The van der Waals surface area contributed by atoms with Crippen molar-refractivity contribution in [3.05, 3.63) is 51.8 Å². The summed E-state index contributed by atoms with van der Waals surface area (Å²) in [5.41, 5.74) is 6.63. The van der Waals surface area contributed by atoms with Gasteiger partial charge in [-0.2, -0.15) is 0 Å². The molecule has 0 atom stereocenters.